The van der Waals surface area contributed by atoms with E-state index in [-0.39, 0.29) is 5.84 Å². The minimum absolute atomic E-state index is 0.106. The van der Waals surface area contributed by atoms with Crippen LogP contribution in [0.15, 0.2) is 23.4 Å². The van der Waals surface area contributed by atoms with Gasteiger partial charge in [0.05, 0.1) is 0 Å². The van der Waals surface area contributed by atoms with Gasteiger partial charge in [-0.3, -0.25) is 0 Å². The van der Waals surface area contributed by atoms with E-state index in [0.29, 0.717) is 16.6 Å². The second kappa shape index (κ2) is 5.48. The fourth-order valence-electron chi connectivity index (χ4n) is 2.60. The highest BCUT2D eigenvalue weighted by Gasteiger charge is 2.25. The summed E-state index contributed by atoms with van der Waals surface area (Å²) in [5.41, 5.74) is 7.43. The first-order valence-corrected chi connectivity index (χ1v) is 6.59. The van der Waals surface area contributed by atoms with Crippen molar-refractivity contribution in [1.82, 2.24) is 0 Å². The topological polar surface area (TPSA) is 61.8 Å². The molecule has 4 nitrogen and oxygen atoms in total. The van der Waals surface area contributed by atoms with Gasteiger partial charge in [-0.1, -0.05) is 23.7 Å². The Morgan fingerprint density at radius 2 is 2.39 bits per heavy atom. The zero-order chi connectivity index (χ0) is 13.1. The fourth-order valence-corrected chi connectivity index (χ4v) is 2.77. The summed E-state index contributed by atoms with van der Waals surface area (Å²) in [7, 11) is 0. The van der Waals surface area contributed by atoms with Crippen molar-refractivity contribution in [2.45, 2.75) is 32.2 Å². The third kappa shape index (κ3) is 2.38. The molecule has 0 amide bonds. The molecule has 1 fully saturated rings. The lowest BCUT2D eigenvalue weighted by Gasteiger charge is -2.28. The van der Waals surface area contributed by atoms with Gasteiger partial charge in [0.15, 0.2) is 5.84 Å². The summed E-state index contributed by atoms with van der Waals surface area (Å²) in [6.07, 6.45) is 3.46. The van der Waals surface area contributed by atoms with Crippen molar-refractivity contribution in [3.05, 3.63) is 28.8 Å². The molecule has 98 valence electrons. The number of hydrogen-bond acceptors (Lipinski definition) is 3. The van der Waals surface area contributed by atoms with Crippen LogP contribution in [0.4, 0.5) is 5.69 Å². The number of benzene rings is 1. The van der Waals surface area contributed by atoms with Crippen molar-refractivity contribution in [3.8, 4) is 0 Å². The summed E-state index contributed by atoms with van der Waals surface area (Å²) >= 11 is 5.98. The summed E-state index contributed by atoms with van der Waals surface area (Å²) in [5.74, 6) is 0.106. The molecule has 1 aliphatic rings. The average molecular weight is 268 g/mol. The molecular weight excluding hydrogens is 250 g/mol. The Morgan fingerprint density at radius 1 is 1.61 bits per heavy atom. The Labute approximate surface area is 112 Å². The monoisotopic (exact) mass is 267 g/mol. The highest BCUT2D eigenvalue weighted by molar-refractivity contribution is 6.31. The van der Waals surface area contributed by atoms with Crippen molar-refractivity contribution >= 4 is 23.1 Å². The van der Waals surface area contributed by atoms with Crippen LogP contribution in [-0.4, -0.2) is 23.6 Å². The van der Waals surface area contributed by atoms with Gasteiger partial charge in [-0.25, -0.2) is 0 Å². The second-order valence-corrected chi connectivity index (χ2v) is 4.98. The predicted molar refractivity (Wildman–Crippen MR) is 74.6 cm³/mol. The van der Waals surface area contributed by atoms with Crippen LogP contribution in [0.5, 0.6) is 0 Å². The van der Waals surface area contributed by atoms with E-state index < -0.39 is 0 Å². The van der Waals surface area contributed by atoms with Gasteiger partial charge in [0.1, 0.15) is 0 Å². The van der Waals surface area contributed by atoms with E-state index in [4.69, 9.17) is 22.5 Å². The number of nitrogens with two attached hydrogens (primary N) is 1. The van der Waals surface area contributed by atoms with Crippen LogP contribution < -0.4 is 10.6 Å². The molecule has 0 saturated carbocycles. The zero-order valence-corrected chi connectivity index (χ0v) is 11.2. The van der Waals surface area contributed by atoms with Crippen molar-refractivity contribution in [1.29, 1.82) is 0 Å². The highest BCUT2D eigenvalue weighted by atomic mass is 35.5. The Morgan fingerprint density at radius 3 is 3.06 bits per heavy atom. The maximum atomic E-state index is 8.87. The van der Waals surface area contributed by atoms with Crippen LogP contribution in [-0.2, 0) is 0 Å². The molecule has 1 aromatic rings. The smallest absolute Gasteiger partial charge is 0.172 e. The van der Waals surface area contributed by atoms with Crippen LogP contribution >= 0.6 is 11.6 Å². The van der Waals surface area contributed by atoms with Crippen LogP contribution in [0.25, 0.3) is 0 Å². The third-order valence-electron chi connectivity index (χ3n) is 3.50. The van der Waals surface area contributed by atoms with E-state index in [1.807, 2.05) is 12.1 Å². The van der Waals surface area contributed by atoms with Crippen molar-refractivity contribution in [2.24, 2.45) is 10.9 Å². The summed E-state index contributed by atoms with van der Waals surface area (Å²) in [5, 5.41) is 12.6. The molecule has 0 aliphatic carbocycles. The van der Waals surface area contributed by atoms with Gasteiger partial charge in [-0.15, -0.1) is 0 Å². The van der Waals surface area contributed by atoms with E-state index in [9.17, 15) is 0 Å². The van der Waals surface area contributed by atoms with Crippen LogP contribution in [0, 0.1) is 0 Å². The lowest BCUT2D eigenvalue weighted by molar-refractivity contribution is 0.318. The quantitative estimate of drug-likeness (QED) is 0.383. The van der Waals surface area contributed by atoms with E-state index in [1.165, 1.54) is 12.8 Å². The van der Waals surface area contributed by atoms with E-state index in [2.05, 4.69) is 17.0 Å². The molecule has 18 heavy (non-hydrogen) atoms. The molecule has 0 bridgehead atoms. The molecule has 1 unspecified atom stereocenters. The molecule has 1 aliphatic heterocycles. The van der Waals surface area contributed by atoms with Gasteiger partial charge in [-0.05, 0) is 37.5 Å². The lowest BCUT2D eigenvalue weighted by atomic mass is 10.1. The van der Waals surface area contributed by atoms with Crippen LogP contribution in [0.1, 0.15) is 31.7 Å². The molecule has 5 heteroatoms. The first-order chi connectivity index (χ1) is 8.67. The van der Waals surface area contributed by atoms with Gasteiger partial charge in [0, 0.05) is 28.9 Å². The summed E-state index contributed by atoms with van der Waals surface area (Å²) in [6.45, 7) is 3.19. The number of nitrogens with zero attached hydrogens (tertiary/aromatic N) is 2. The Kier molecular flexibility index (Phi) is 3.97. The number of rotatable bonds is 3. The van der Waals surface area contributed by atoms with Crippen LogP contribution in [0.2, 0.25) is 5.02 Å². The molecule has 2 rings (SSSR count). The molecule has 1 heterocycles. The third-order valence-corrected chi connectivity index (χ3v) is 3.74. The SMILES string of the molecule is CCC1CCCN1c1ccc(Cl)cc1/C(N)=N/O. The molecule has 0 aromatic heterocycles. The summed E-state index contributed by atoms with van der Waals surface area (Å²) < 4.78 is 0. The Bertz CT molecular complexity index is 462. The first kappa shape index (κ1) is 13.0. The van der Waals surface area contributed by atoms with Gasteiger partial charge >= 0.3 is 0 Å². The van der Waals surface area contributed by atoms with Gasteiger partial charge in [-0.2, -0.15) is 0 Å². The molecule has 0 radical (unpaired) electrons. The van der Waals surface area contributed by atoms with E-state index >= 15 is 0 Å². The summed E-state index contributed by atoms with van der Waals surface area (Å²) in [4.78, 5) is 2.32. The molecular formula is C13H18ClN3O. The number of anilines is 1. The maximum absolute atomic E-state index is 8.87. The highest BCUT2D eigenvalue weighted by Crippen LogP contribution is 2.31. The molecule has 3 N–H and O–H groups in total. The maximum Gasteiger partial charge on any atom is 0.172 e. The molecule has 1 aromatic carbocycles. The number of oxime groups is 1. The number of hydrogen-bond donors (Lipinski definition) is 2. The lowest BCUT2D eigenvalue weighted by Crippen LogP contribution is -2.31. The number of halogens is 1. The molecule has 0 spiro atoms. The number of amidine groups is 1. The van der Waals surface area contributed by atoms with Gasteiger partial charge in [0.25, 0.3) is 0 Å². The average Bonchev–Trinajstić information content (AvgIpc) is 2.85. The van der Waals surface area contributed by atoms with Gasteiger partial charge in [0.2, 0.25) is 0 Å². The Balaban J connectivity index is 2.43. The second-order valence-electron chi connectivity index (χ2n) is 4.54. The molecule has 1 saturated heterocycles. The zero-order valence-electron chi connectivity index (χ0n) is 10.4. The van der Waals surface area contributed by atoms with E-state index in [1.54, 1.807) is 6.07 Å². The fraction of sp³-hybridized carbons (Fsp3) is 0.462. The normalized spacial score (nSPS) is 20.4. The minimum atomic E-state index is 0.106. The minimum Gasteiger partial charge on any atom is -0.409 e. The van der Waals surface area contributed by atoms with E-state index in [0.717, 1.165) is 18.7 Å². The van der Waals surface area contributed by atoms with Gasteiger partial charge < -0.3 is 15.8 Å². The predicted octanol–water partition coefficient (Wildman–Crippen LogP) is 2.81. The molecule has 1 atom stereocenters. The first-order valence-electron chi connectivity index (χ1n) is 6.21. The summed E-state index contributed by atoms with van der Waals surface area (Å²) in [6, 6.07) is 6.06. The van der Waals surface area contributed by atoms with Crippen molar-refractivity contribution < 1.29 is 5.21 Å². The van der Waals surface area contributed by atoms with Crippen molar-refractivity contribution in [2.75, 3.05) is 11.4 Å². The standard InChI is InChI=1S/C13H18ClN3O/c1-2-10-4-3-7-17(10)12-6-5-9(14)8-11(12)13(15)16-18/h5-6,8,10,18H,2-4,7H2,1H3,(H2,15,16). The largest absolute Gasteiger partial charge is 0.409 e. The Hall–Kier alpha value is -1.42. The van der Waals surface area contributed by atoms with Crippen LogP contribution in [0.3, 0.4) is 0 Å². The van der Waals surface area contributed by atoms with Crippen molar-refractivity contribution in [3.63, 3.8) is 0 Å².